The molecule has 2 aliphatic carbocycles. The molecule has 0 bridgehead atoms. The minimum atomic E-state index is 0.0951. The fourth-order valence-corrected chi connectivity index (χ4v) is 5.00. The van der Waals surface area contributed by atoms with Crippen LogP contribution in [0.3, 0.4) is 0 Å². The maximum absolute atomic E-state index is 12.7. The van der Waals surface area contributed by atoms with Crippen LogP contribution in [-0.2, 0) is 4.79 Å². The number of nitrogens with one attached hydrogen (secondary N) is 1. The monoisotopic (exact) mass is 292 g/mol. The molecule has 1 saturated heterocycles. The molecule has 0 unspecified atom stereocenters. The number of hydrogen-bond donors (Lipinski definition) is 1. The zero-order chi connectivity index (χ0) is 14.8. The molecule has 3 nitrogen and oxygen atoms in total. The largest absolute Gasteiger partial charge is 0.343 e. The van der Waals surface area contributed by atoms with Gasteiger partial charge in [-0.1, -0.05) is 32.1 Å². The standard InChI is InChI=1S/C18H32N2O/c1-19-18(9-3-2-4-10-18)15-16(21)20-13-11-17(12-14-20)7-5-6-8-17/h19H,2-15H2,1H3. The van der Waals surface area contributed by atoms with Crippen molar-refractivity contribution in [2.24, 2.45) is 5.41 Å². The fourth-order valence-electron chi connectivity index (χ4n) is 5.00. The van der Waals surface area contributed by atoms with E-state index in [0.29, 0.717) is 11.3 Å². The van der Waals surface area contributed by atoms with E-state index in [1.165, 1.54) is 70.6 Å². The predicted molar refractivity (Wildman–Crippen MR) is 86.2 cm³/mol. The van der Waals surface area contributed by atoms with Crippen molar-refractivity contribution in [3.63, 3.8) is 0 Å². The highest BCUT2D eigenvalue weighted by atomic mass is 16.2. The Balaban J connectivity index is 1.54. The van der Waals surface area contributed by atoms with Crippen LogP contribution in [0.4, 0.5) is 0 Å². The summed E-state index contributed by atoms with van der Waals surface area (Å²) < 4.78 is 0. The Morgan fingerprint density at radius 3 is 2.05 bits per heavy atom. The average Bonchev–Trinajstić information content (AvgIpc) is 2.97. The Hall–Kier alpha value is -0.570. The Morgan fingerprint density at radius 1 is 0.905 bits per heavy atom. The third-order valence-electron chi connectivity index (χ3n) is 6.67. The first-order chi connectivity index (χ1) is 10.2. The lowest BCUT2D eigenvalue weighted by Gasteiger charge is -2.42. The molecule has 1 N–H and O–H groups in total. The molecule has 0 aromatic heterocycles. The van der Waals surface area contributed by atoms with Crippen LogP contribution < -0.4 is 5.32 Å². The summed E-state index contributed by atoms with van der Waals surface area (Å²) in [6.45, 7) is 2.03. The first-order valence-electron chi connectivity index (χ1n) is 9.14. The summed E-state index contributed by atoms with van der Waals surface area (Å²) in [5, 5.41) is 3.49. The highest BCUT2D eigenvalue weighted by Gasteiger charge is 2.39. The van der Waals surface area contributed by atoms with E-state index >= 15 is 0 Å². The average molecular weight is 292 g/mol. The van der Waals surface area contributed by atoms with Crippen LogP contribution in [0.25, 0.3) is 0 Å². The number of nitrogens with zero attached hydrogens (tertiary/aromatic N) is 1. The topological polar surface area (TPSA) is 32.3 Å². The number of amides is 1. The summed E-state index contributed by atoms with van der Waals surface area (Å²) in [6, 6.07) is 0. The third-order valence-corrected chi connectivity index (χ3v) is 6.67. The molecule has 3 heteroatoms. The molecule has 2 saturated carbocycles. The fraction of sp³-hybridized carbons (Fsp3) is 0.944. The maximum Gasteiger partial charge on any atom is 0.224 e. The van der Waals surface area contributed by atoms with Crippen molar-refractivity contribution in [1.29, 1.82) is 0 Å². The Morgan fingerprint density at radius 2 is 1.48 bits per heavy atom. The normalized spacial score (nSPS) is 28.0. The van der Waals surface area contributed by atoms with Crippen molar-refractivity contribution >= 4 is 5.91 Å². The lowest BCUT2D eigenvalue weighted by Crippen LogP contribution is -2.50. The highest BCUT2D eigenvalue weighted by Crippen LogP contribution is 2.46. The Labute approximate surface area is 129 Å². The van der Waals surface area contributed by atoms with Crippen molar-refractivity contribution in [3.8, 4) is 0 Å². The SMILES string of the molecule is CNC1(CC(=O)N2CCC3(CCCC3)CC2)CCCCC1. The second-order valence-electron chi connectivity index (χ2n) is 7.86. The van der Waals surface area contributed by atoms with Crippen molar-refractivity contribution in [2.45, 2.75) is 82.6 Å². The molecule has 0 aromatic rings. The van der Waals surface area contributed by atoms with Crippen LogP contribution >= 0.6 is 0 Å². The van der Waals surface area contributed by atoms with Gasteiger partial charge in [-0.3, -0.25) is 4.79 Å². The zero-order valence-electron chi connectivity index (χ0n) is 13.8. The molecular formula is C18H32N2O. The summed E-state index contributed by atoms with van der Waals surface area (Å²) in [6.07, 6.45) is 15.1. The molecule has 120 valence electrons. The number of hydrogen-bond acceptors (Lipinski definition) is 2. The first-order valence-corrected chi connectivity index (χ1v) is 9.14. The highest BCUT2D eigenvalue weighted by molar-refractivity contribution is 5.77. The minimum absolute atomic E-state index is 0.0951. The second-order valence-corrected chi connectivity index (χ2v) is 7.86. The van der Waals surface area contributed by atoms with Crippen LogP contribution in [-0.4, -0.2) is 36.5 Å². The predicted octanol–water partition coefficient (Wildman–Crippen LogP) is 3.48. The molecule has 21 heavy (non-hydrogen) atoms. The van der Waals surface area contributed by atoms with Gasteiger partial charge in [0.1, 0.15) is 0 Å². The van der Waals surface area contributed by atoms with Gasteiger partial charge in [0.2, 0.25) is 5.91 Å². The van der Waals surface area contributed by atoms with Crippen molar-refractivity contribution in [3.05, 3.63) is 0 Å². The van der Waals surface area contributed by atoms with E-state index in [2.05, 4.69) is 10.2 Å². The van der Waals surface area contributed by atoms with Gasteiger partial charge in [0.15, 0.2) is 0 Å². The quantitative estimate of drug-likeness (QED) is 0.863. The smallest absolute Gasteiger partial charge is 0.224 e. The van der Waals surface area contributed by atoms with Gasteiger partial charge in [-0.2, -0.15) is 0 Å². The summed E-state index contributed by atoms with van der Waals surface area (Å²) >= 11 is 0. The molecule has 3 rings (SSSR count). The molecule has 0 aromatic carbocycles. The molecule has 1 aliphatic heterocycles. The number of carbonyl (C=O) groups excluding carboxylic acids is 1. The van der Waals surface area contributed by atoms with Gasteiger partial charge in [-0.05, 0) is 51.0 Å². The molecule has 0 atom stereocenters. The number of likely N-dealkylation sites (tertiary alicyclic amines) is 1. The molecule has 3 aliphatic rings. The van der Waals surface area contributed by atoms with Gasteiger partial charge < -0.3 is 10.2 Å². The van der Waals surface area contributed by atoms with Crippen molar-refractivity contribution in [1.82, 2.24) is 10.2 Å². The second kappa shape index (κ2) is 6.28. The third kappa shape index (κ3) is 3.28. The van der Waals surface area contributed by atoms with Gasteiger partial charge in [-0.25, -0.2) is 0 Å². The van der Waals surface area contributed by atoms with Gasteiger partial charge in [0.25, 0.3) is 0 Å². The summed E-state index contributed by atoms with van der Waals surface area (Å²) in [7, 11) is 2.04. The van der Waals surface area contributed by atoms with E-state index in [1.807, 2.05) is 7.05 Å². The van der Waals surface area contributed by atoms with E-state index in [4.69, 9.17) is 0 Å². The van der Waals surface area contributed by atoms with Gasteiger partial charge in [0.05, 0.1) is 0 Å². The van der Waals surface area contributed by atoms with Crippen LogP contribution in [0.15, 0.2) is 0 Å². The van der Waals surface area contributed by atoms with E-state index in [9.17, 15) is 4.79 Å². The minimum Gasteiger partial charge on any atom is -0.343 e. The van der Waals surface area contributed by atoms with Crippen LogP contribution in [0.5, 0.6) is 0 Å². The lowest BCUT2D eigenvalue weighted by atomic mass is 9.76. The van der Waals surface area contributed by atoms with Crippen LogP contribution in [0, 0.1) is 5.41 Å². The number of rotatable bonds is 3. The van der Waals surface area contributed by atoms with Crippen LogP contribution in [0.2, 0.25) is 0 Å². The van der Waals surface area contributed by atoms with Crippen LogP contribution in [0.1, 0.15) is 77.0 Å². The zero-order valence-corrected chi connectivity index (χ0v) is 13.8. The van der Waals surface area contributed by atoms with E-state index < -0.39 is 0 Å². The maximum atomic E-state index is 12.7. The molecular weight excluding hydrogens is 260 g/mol. The molecule has 1 spiro atoms. The molecule has 1 amide bonds. The Kier molecular flexibility index (Phi) is 4.58. The van der Waals surface area contributed by atoms with Gasteiger partial charge in [0, 0.05) is 25.0 Å². The number of piperidine rings is 1. The van der Waals surface area contributed by atoms with E-state index in [1.54, 1.807) is 0 Å². The number of carbonyl (C=O) groups is 1. The first kappa shape index (κ1) is 15.3. The summed E-state index contributed by atoms with van der Waals surface area (Å²) in [5.74, 6) is 0.402. The summed E-state index contributed by atoms with van der Waals surface area (Å²) in [5.41, 5.74) is 0.708. The van der Waals surface area contributed by atoms with Crippen molar-refractivity contribution in [2.75, 3.05) is 20.1 Å². The molecule has 1 heterocycles. The van der Waals surface area contributed by atoms with E-state index in [-0.39, 0.29) is 5.54 Å². The van der Waals surface area contributed by atoms with Gasteiger partial charge in [-0.15, -0.1) is 0 Å². The van der Waals surface area contributed by atoms with E-state index in [0.717, 1.165) is 19.5 Å². The molecule has 0 radical (unpaired) electrons. The summed E-state index contributed by atoms with van der Waals surface area (Å²) in [4.78, 5) is 14.9. The lowest BCUT2D eigenvalue weighted by molar-refractivity contribution is -0.135. The molecule has 3 fully saturated rings. The van der Waals surface area contributed by atoms with Crippen molar-refractivity contribution < 1.29 is 4.79 Å². The van der Waals surface area contributed by atoms with Gasteiger partial charge >= 0.3 is 0 Å². The Bertz CT molecular complexity index is 357.